The maximum atomic E-state index is 13.5. The zero-order valence-corrected chi connectivity index (χ0v) is 13.2. The first-order valence-electron chi connectivity index (χ1n) is 6.35. The molecule has 2 aromatic carbocycles. The number of hydrogen-bond acceptors (Lipinski definition) is 2. The van der Waals surface area contributed by atoms with Crippen LogP contribution in [0.4, 0.5) is 18.9 Å². The van der Waals surface area contributed by atoms with Gasteiger partial charge in [0.25, 0.3) is 5.91 Å². The van der Waals surface area contributed by atoms with E-state index in [0.717, 1.165) is 6.07 Å². The monoisotopic (exact) mass is 363 g/mol. The molecule has 0 bridgehead atoms. The molecule has 1 N–H and O–H groups in total. The van der Waals surface area contributed by atoms with Gasteiger partial charge in [-0.25, -0.2) is 13.2 Å². The van der Waals surface area contributed by atoms with E-state index in [9.17, 15) is 18.0 Å². The van der Waals surface area contributed by atoms with Crippen LogP contribution < -0.4 is 10.1 Å². The quantitative estimate of drug-likeness (QED) is 0.791. The summed E-state index contributed by atoms with van der Waals surface area (Å²) in [6, 6.07) is 5.98. The van der Waals surface area contributed by atoms with Crippen molar-refractivity contribution in [2.45, 2.75) is 13.0 Å². The van der Waals surface area contributed by atoms with E-state index in [4.69, 9.17) is 27.9 Å². The zero-order chi connectivity index (χ0) is 17.1. The Balaban J connectivity index is 2.10. The summed E-state index contributed by atoms with van der Waals surface area (Å²) < 4.78 is 44.8. The Morgan fingerprint density at radius 3 is 2.30 bits per heavy atom. The van der Waals surface area contributed by atoms with Gasteiger partial charge in [0.2, 0.25) is 0 Å². The number of anilines is 1. The molecule has 0 saturated carbocycles. The number of carbonyl (C=O) groups is 1. The summed E-state index contributed by atoms with van der Waals surface area (Å²) in [5, 5.41) is 2.74. The summed E-state index contributed by atoms with van der Waals surface area (Å²) >= 11 is 11.6. The second kappa shape index (κ2) is 7.10. The van der Waals surface area contributed by atoms with Crippen LogP contribution in [0.15, 0.2) is 30.3 Å². The molecule has 3 nitrogen and oxygen atoms in total. The summed E-state index contributed by atoms with van der Waals surface area (Å²) in [5.74, 6) is -5.03. The Labute approximate surface area is 140 Å². The first-order valence-corrected chi connectivity index (χ1v) is 7.10. The largest absolute Gasteiger partial charge is 0.481 e. The van der Waals surface area contributed by atoms with Crippen LogP contribution in [0, 0.1) is 17.5 Å². The molecule has 122 valence electrons. The third-order valence-electron chi connectivity index (χ3n) is 2.81. The molecule has 2 aromatic rings. The smallest absolute Gasteiger partial charge is 0.265 e. The summed E-state index contributed by atoms with van der Waals surface area (Å²) in [6.07, 6.45) is -1.06. The molecule has 2 rings (SSSR count). The van der Waals surface area contributed by atoms with Crippen LogP contribution in [0.1, 0.15) is 6.92 Å². The molecule has 0 aliphatic heterocycles. The highest BCUT2D eigenvalue weighted by atomic mass is 35.5. The number of ether oxygens (including phenoxy) is 1. The van der Waals surface area contributed by atoms with Crippen molar-refractivity contribution < 1.29 is 22.7 Å². The molecule has 0 radical (unpaired) electrons. The summed E-state index contributed by atoms with van der Waals surface area (Å²) in [4.78, 5) is 12.0. The van der Waals surface area contributed by atoms with E-state index in [1.807, 2.05) is 0 Å². The van der Waals surface area contributed by atoms with Crippen LogP contribution in [0.25, 0.3) is 0 Å². The van der Waals surface area contributed by atoms with Gasteiger partial charge in [-0.3, -0.25) is 4.79 Å². The fraction of sp³-hybridized carbons (Fsp3) is 0.133. The number of rotatable bonds is 4. The number of nitrogens with one attached hydrogen (secondary N) is 1. The maximum absolute atomic E-state index is 13.5. The molecule has 0 aliphatic carbocycles. The van der Waals surface area contributed by atoms with Crippen molar-refractivity contribution in [2.24, 2.45) is 0 Å². The lowest BCUT2D eigenvalue weighted by Gasteiger charge is -2.15. The molecule has 0 saturated heterocycles. The number of benzene rings is 2. The average Bonchev–Trinajstić information content (AvgIpc) is 2.46. The van der Waals surface area contributed by atoms with Gasteiger partial charge in [-0.15, -0.1) is 0 Å². The molecule has 23 heavy (non-hydrogen) atoms. The Bertz CT molecular complexity index is 735. The summed E-state index contributed by atoms with van der Waals surface area (Å²) in [5.41, 5.74) is -0.492. The SMILES string of the molecule is CC(Oc1cc(Cl)cc(Cl)c1)C(=O)Nc1ccc(F)c(F)c1F. The predicted octanol–water partition coefficient (Wildman–Crippen LogP) is 4.82. The minimum absolute atomic E-state index is 0.232. The zero-order valence-electron chi connectivity index (χ0n) is 11.7. The molecule has 1 unspecified atom stereocenters. The topological polar surface area (TPSA) is 38.3 Å². The van der Waals surface area contributed by atoms with Gasteiger partial charge in [-0.2, -0.15) is 0 Å². The lowest BCUT2D eigenvalue weighted by atomic mass is 10.2. The first-order chi connectivity index (χ1) is 10.8. The third kappa shape index (κ3) is 4.30. The molecule has 0 heterocycles. The normalized spacial score (nSPS) is 11.9. The highest BCUT2D eigenvalue weighted by Crippen LogP contribution is 2.25. The van der Waals surface area contributed by atoms with Crippen molar-refractivity contribution in [3.05, 3.63) is 57.8 Å². The lowest BCUT2D eigenvalue weighted by Crippen LogP contribution is -2.30. The van der Waals surface area contributed by atoms with Crippen LogP contribution >= 0.6 is 23.2 Å². The van der Waals surface area contributed by atoms with E-state index >= 15 is 0 Å². The second-order valence-corrected chi connectivity index (χ2v) is 5.45. The molecule has 0 fully saturated rings. The van der Waals surface area contributed by atoms with Gasteiger partial charge >= 0.3 is 0 Å². The molecule has 1 amide bonds. The van der Waals surface area contributed by atoms with Crippen molar-refractivity contribution in [1.82, 2.24) is 0 Å². The number of carbonyl (C=O) groups excluding carboxylic acids is 1. The average molecular weight is 364 g/mol. The second-order valence-electron chi connectivity index (χ2n) is 4.58. The number of hydrogen-bond donors (Lipinski definition) is 1. The van der Waals surface area contributed by atoms with E-state index in [-0.39, 0.29) is 5.75 Å². The van der Waals surface area contributed by atoms with Crippen molar-refractivity contribution in [3.8, 4) is 5.75 Å². The Hall–Kier alpha value is -1.92. The fourth-order valence-corrected chi connectivity index (χ4v) is 2.22. The van der Waals surface area contributed by atoms with Crippen molar-refractivity contribution in [1.29, 1.82) is 0 Å². The fourth-order valence-electron chi connectivity index (χ4n) is 1.71. The van der Waals surface area contributed by atoms with Crippen LogP contribution in [-0.4, -0.2) is 12.0 Å². The standard InChI is InChI=1S/C15H10Cl2F3NO2/c1-7(23-10-5-8(16)4-9(17)6-10)15(22)21-12-3-2-11(18)13(19)14(12)20/h2-7H,1H3,(H,21,22). The van der Waals surface area contributed by atoms with Crippen LogP contribution in [0.2, 0.25) is 10.0 Å². The van der Waals surface area contributed by atoms with E-state index in [2.05, 4.69) is 5.32 Å². The van der Waals surface area contributed by atoms with Gasteiger partial charge in [0.15, 0.2) is 23.6 Å². The number of amides is 1. The minimum Gasteiger partial charge on any atom is -0.481 e. The predicted molar refractivity (Wildman–Crippen MR) is 81.5 cm³/mol. The summed E-state index contributed by atoms with van der Waals surface area (Å²) in [6.45, 7) is 1.39. The molecule has 8 heteroatoms. The Kier molecular flexibility index (Phi) is 5.38. The van der Waals surface area contributed by atoms with E-state index < -0.39 is 35.2 Å². The molecule has 0 aromatic heterocycles. The van der Waals surface area contributed by atoms with E-state index in [1.54, 1.807) is 0 Å². The molecular formula is C15H10Cl2F3NO2. The maximum Gasteiger partial charge on any atom is 0.265 e. The van der Waals surface area contributed by atoms with Gasteiger partial charge in [-0.05, 0) is 37.3 Å². The third-order valence-corrected chi connectivity index (χ3v) is 3.25. The van der Waals surface area contributed by atoms with Crippen molar-refractivity contribution in [3.63, 3.8) is 0 Å². The summed E-state index contributed by atoms with van der Waals surface area (Å²) in [7, 11) is 0. The van der Waals surface area contributed by atoms with Gasteiger partial charge < -0.3 is 10.1 Å². The van der Waals surface area contributed by atoms with Crippen molar-refractivity contribution in [2.75, 3.05) is 5.32 Å². The van der Waals surface area contributed by atoms with Crippen LogP contribution in [-0.2, 0) is 4.79 Å². The number of halogens is 5. The Morgan fingerprint density at radius 1 is 1.09 bits per heavy atom. The molecule has 0 spiro atoms. The van der Waals surface area contributed by atoms with Gasteiger partial charge in [0, 0.05) is 10.0 Å². The minimum atomic E-state index is -1.67. The first kappa shape index (κ1) is 17.4. The molecule has 1 atom stereocenters. The van der Waals surface area contributed by atoms with E-state index in [1.165, 1.54) is 25.1 Å². The lowest BCUT2D eigenvalue weighted by molar-refractivity contribution is -0.122. The highest BCUT2D eigenvalue weighted by molar-refractivity contribution is 6.34. The van der Waals surface area contributed by atoms with Gasteiger partial charge in [0.1, 0.15) is 5.75 Å². The Morgan fingerprint density at radius 2 is 1.70 bits per heavy atom. The van der Waals surface area contributed by atoms with Crippen LogP contribution in [0.3, 0.4) is 0 Å². The molecular weight excluding hydrogens is 354 g/mol. The molecule has 0 aliphatic rings. The highest BCUT2D eigenvalue weighted by Gasteiger charge is 2.20. The van der Waals surface area contributed by atoms with Gasteiger partial charge in [0.05, 0.1) is 5.69 Å². The van der Waals surface area contributed by atoms with E-state index in [0.29, 0.717) is 16.1 Å². The van der Waals surface area contributed by atoms with Gasteiger partial charge in [-0.1, -0.05) is 23.2 Å². The van der Waals surface area contributed by atoms with Crippen LogP contribution in [0.5, 0.6) is 5.75 Å². The van der Waals surface area contributed by atoms with Crippen molar-refractivity contribution >= 4 is 34.8 Å².